The van der Waals surface area contributed by atoms with Crippen LogP contribution in [0.15, 0.2) is 60.8 Å². The van der Waals surface area contributed by atoms with Crippen LogP contribution in [0.5, 0.6) is 0 Å². The van der Waals surface area contributed by atoms with Crippen molar-refractivity contribution in [1.82, 2.24) is 0 Å². The molecule has 1 fully saturated rings. The number of ether oxygens (including phenoxy) is 4. The van der Waals surface area contributed by atoms with Crippen molar-refractivity contribution in [3.05, 3.63) is 60.8 Å². The van der Waals surface area contributed by atoms with Crippen molar-refractivity contribution in [3.63, 3.8) is 0 Å². The van der Waals surface area contributed by atoms with E-state index in [0.717, 1.165) is 64.2 Å². The molecule has 0 spiro atoms. The predicted molar refractivity (Wildman–Crippen MR) is 216 cm³/mol. The molecule has 0 bridgehead atoms. The van der Waals surface area contributed by atoms with E-state index < -0.39 is 55.4 Å². The lowest BCUT2D eigenvalue weighted by molar-refractivity contribution is -0.305. The number of carbonyl (C=O) groups is 2. The third-order valence-electron chi connectivity index (χ3n) is 9.22. The van der Waals surface area contributed by atoms with Crippen LogP contribution in [0.4, 0.5) is 0 Å². The molecule has 11 heteroatoms. The van der Waals surface area contributed by atoms with Gasteiger partial charge in [-0.3, -0.25) is 9.59 Å². The van der Waals surface area contributed by atoms with E-state index in [0.29, 0.717) is 19.3 Å². The third kappa shape index (κ3) is 27.6. The minimum absolute atomic E-state index is 0.188. The van der Waals surface area contributed by atoms with Crippen molar-refractivity contribution in [2.75, 3.05) is 26.4 Å². The van der Waals surface area contributed by atoms with Crippen LogP contribution in [0.3, 0.4) is 0 Å². The molecule has 0 aromatic heterocycles. The van der Waals surface area contributed by atoms with Gasteiger partial charge >= 0.3 is 11.9 Å². The Morgan fingerprint density at radius 2 is 1.07 bits per heavy atom. The molecular formula is C44H74O11. The van der Waals surface area contributed by atoms with Gasteiger partial charge in [0.25, 0.3) is 0 Å². The summed E-state index contributed by atoms with van der Waals surface area (Å²) in [7, 11) is 0. The van der Waals surface area contributed by atoms with Gasteiger partial charge in [0.15, 0.2) is 12.4 Å². The minimum Gasteiger partial charge on any atom is -0.462 e. The van der Waals surface area contributed by atoms with Crippen molar-refractivity contribution in [3.8, 4) is 0 Å². The van der Waals surface area contributed by atoms with E-state index in [-0.39, 0.29) is 32.7 Å². The number of unbranched alkanes of at least 4 members (excludes halogenated alkanes) is 12. The number of aliphatic hydroxyl groups is 5. The summed E-state index contributed by atoms with van der Waals surface area (Å²) >= 11 is 0. The molecule has 6 unspecified atom stereocenters. The van der Waals surface area contributed by atoms with Gasteiger partial charge in [0, 0.05) is 19.4 Å². The number of allylic oxidation sites excluding steroid dienone is 10. The third-order valence-corrected chi connectivity index (χ3v) is 9.22. The molecule has 0 amide bonds. The topological polar surface area (TPSA) is 172 Å². The van der Waals surface area contributed by atoms with Crippen molar-refractivity contribution in [2.24, 2.45) is 0 Å². The Morgan fingerprint density at radius 1 is 0.582 bits per heavy atom. The van der Waals surface area contributed by atoms with Gasteiger partial charge in [-0.15, -0.1) is 0 Å². The van der Waals surface area contributed by atoms with Crippen LogP contribution < -0.4 is 0 Å². The number of aliphatic hydroxyl groups excluding tert-OH is 5. The molecule has 0 radical (unpaired) electrons. The Labute approximate surface area is 331 Å². The van der Waals surface area contributed by atoms with Crippen molar-refractivity contribution in [1.29, 1.82) is 0 Å². The first-order valence-electron chi connectivity index (χ1n) is 21.0. The van der Waals surface area contributed by atoms with E-state index in [1.54, 1.807) is 0 Å². The van der Waals surface area contributed by atoms with Crippen LogP contribution in [0.2, 0.25) is 0 Å². The number of hydrogen-bond donors (Lipinski definition) is 5. The molecule has 1 heterocycles. The lowest BCUT2D eigenvalue weighted by atomic mass is 9.99. The number of rotatable bonds is 34. The first-order valence-corrected chi connectivity index (χ1v) is 21.0. The second kappa shape index (κ2) is 35.8. The molecule has 6 atom stereocenters. The van der Waals surface area contributed by atoms with E-state index >= 15 is 0 Å². The summed E-state index contributed by atoms with van der Waals surface area (Å²) in [6, 6.07) is 0. The molecule has 1 aliphatic heterocycles. The summed E-state index contributed by atoms with van der Waals surface area (Å²) in [6.07, 6.45) is 32.4. The van der Waals surface area contributed by atoms with Crippen LogP contribution in [0.1, 0.15) is 142 Å². The molecule has 1 aliphatic rings. The number of hydrogen-bond acceptors (Lipinski definition) is 11. The maximum atomic E-state index is 12.7. The van der Waals surface area contributed by atoms with Crippen LogP contribution in [-0.4, -0.2) is 101 Å². The Balaban J connectivity index is 2.40. The molecule has 1 saturated heterocycles. The first kappa shape index (κ1) is 50.4. The van der Waals surface area contributed by atoms with Gasteiger partial charge in [-0.2, -0.15) is 0 Å². The smallest absolute Gasteiger partial charge is 0.306 e. The average molecular weight is 779 g/mol. The normalized spacial score (nSPS) is 21.2. The molecule has 0 aliphatic carbocycles. The van der Waals surface area contributed by atoms with E-state index in [2.05, 4.69) is 61.6 Å². The summed E-state index contributed by atoms with van der Waals surface area (Å²) in [5.74, 6) is -0.902. The summed E-state index contributed by atoms with van der Waals surface area (Å²) in [4.78, 5) is 25.2. The van der Waals surface area contributed by atoms with Crippen molar-refractivity contribution >= 4 is 11.9 Å². The zero-order valence-corrected chi connectivity index (χ0v) is 33.6. The largest absolute Gasteiger partial charge is 0.462 e. The maximum Gasteiger partial charge on any atom is 0.306 e. The highest BCUT2D eigenvalue weighted by Gasteiger charge is 2.44. The summed E-state index contributed by atoms with van der Waals surface area (Å²) < 4.78 is 22.0. The van der Waals surface area contributed by atoms with Gasteiger partial charge in [-0.1, -0.05) is 132 Å². The Bertz CT molecular complexity index is 1080. The van der Waals surface area contributed by atoms with Gasteiger partial charge in [0.2, 0.25) is 0 Å². The van der Waals surface area contributed by atoms with E-state index in [4.69, 9.17) is 24.1 Å². The second-order valence-corrected chi connectivity index (χ2v) is 14.1. The lowest BCUT2D eigenvalue weighted by Gasteiger charge is -2.39. The highest BCUT2D eigenvalue weighted by atomic mass is 16.7. The van der Waals surface area contributed by atoms with Crippen molar-refractivity contribution < 1.29 is 54.1 Å². The number of esters is 2. The SMILES string of the molecule is CC/C=C\C/C=C\C/C=C\C/C=C\C/C=C\CCCC(=O)OCC(COC1OC(CO)C(O)C(O)C1O)OC(=O)CCCCCCCCCCCCCCO. The standard InChI is InChI=1S/C44H74O11/c1-2-3-4-5-6-7-8-9-10-11-12-13-16-19-22-25-28-31-39(47)52-35-37(36-53-44-43(51)42(50)41(49)38(34-46)55-44)54-40(48)32-29-26-23-20-17-14-15-18-21-24-27-30-33-45/h3-4,6-7,9-10,12-13,19,22,37-38,41-46,49-51H,2,5,8,11,14-18,20-21,23-36H2,1H3/b4-3-,7-6-,10-9-,13-12-,22-19-. The Morgan fingerprint density at radius 3 is 1.60 bits per heavy atom. The molecule has 1 rings (SSSR count). The fourth-order valence-corrected chi connectivity index (χ4v) is 5.91. The quantitative estimate of drug-likeness (QED) is 0.0253. The van der Waals surface area contributed by atoms with Crippen molar-refractivity contribution in [2.45, 2.75) is 179 Å². The fraction of sp³-hybridized carbons (Fsp3) is 0.727. The fourth-order valence-electron chi connectivity index (χ4n) is 5.91. The number of carbonyl (C=O) groups excluding carboxylic acids is 2. The Hall–Kier alpha value is -2.64. The summed E-state index contributed by atoms with van der Waals surface area (Å²) in [5, 5.41) is 48.8. The van der Waals surface area contributed by atoms with Gasteiger partial charge in [-0.25, -0.2) is 0 Å². The molecule has 316 valence electrons. The van der Waals surface area contributed by atoms with Gasteiger partial charge in [0.1, 0.15) is 31.0 Å². The van der Waals surface area contributed by atoms with E-state index in [1.165, 1.54) is 38.5 Å². The molecule has 11 nitrogen and oxygen atoms in total. The zero-order chi connectivity index (χ0) is 40.2. The Kier molecular flexibility index (Phi) is 32.7. The predicted octanol–water partition coefficient (Wildman–Crippen LogP) is 7.24. The molecule has 55 heavy (non-hydrogen) atoms. The van der Waals surface area contributed by atoms with Gasteiger partial charge < -0.3 is 44.5 Å². The zero-order valence-electron chi connectivity index (χ0n) is 33.6. The maximum absolute atomic E-state index is 12.7. The molecule has 0 aromatic carbocycles. The molecule has 0 saturated carbocycles. The van der Waals surface area contributed by atoms with Crippen LogP contribution in [-0.2, 0) is 28.5 Å². The minimum atomic E-state index is -1.61. The van der Waals surface area contributed by atoms with Crippen LogP contribution in [0.25, 0.3) is 0 Å². The highest BCUT2D eigenvalue weighted by Crippen LogP contribution is 2.22. The van der Waals surface area contributed by atoms with Gasteiger partial charge in [0.05, 0.1) is 13.2 Å². The molecule has 0 aromatic rings. The van der Waals surface area contributed by atoms with Crippen LogP contribution >= 0.6 is 0 Å². The van der Waals surface area contributed by atoms with E-state index in [9.17, 15) is 30.0 Å². The molecular weight excluding hydrogens is 704 g/mol. The summed E-state index contributed by atoms with van der Waals surface area (Å²) in [6.45, 7) is 1.24. The summed E-state index contributed by atoms with van der Waals surface area (Å²) in [5.41, 5.74) is 0. The first-order chi connectivity index (χ1) is 26.8. The lowest BCUT2D eigenvalue weighted by Crippen LogP contribution is -2.59. The average Bonchev–Trinajstić information content (AvgIpc) is 3.18. The monoisotopic (exact) mass is 779 g/mol. The molecule has 5 N–H and O–H groups in total. The van der Waals surface area contributed by atoms with Gasteiger partial charge in [-0.05, 0) is 57.8 Å². The highest BCUT2D eigenvalue weighted by molar-refractivity contribution is 5.70. The second-order valence-electron chi connectivity index (χ2n) is 14.1. The van der Waals surface area contributed by atoms with E-state index in [1.807, 2.05) is 6.08 Å². The van der Waals surface area contributed by atoms with Crippen LogP contribution in [0, 0.1) is 0 Å².